The minimum absolute atomic E-state index is 0.366. The van der Waals surface area contributed by atoms with E-state index in [9.17, 15) is 15.3 Å². The molecule has 0 aliphatic carbocycles. The molecule has 0 heterocycles. The first-order valence-corrected chi connectivity index (χ1v) is 19.7. The summed E-state index contributed by atoms with van der Waals surface area (Å²) in [5.41, 5.74) is 0. The minimum atomic E-state index is -0.880. The minimum Gasteiger partial charge on any atom is -0.389 e. The van der Waals surface area contributed by atoms with E-state index in [1.807, 2.05) is 24.3 Å². The Bertz CT molecular complexity index is 1060. The van der Waals surface area contributed by atoms with Crippen LogP contribution in [0.25, 0.3) is 0 Å². The van der Waals surface area contributed by atoms with Crippen molar-refractivity contribution in [2.24, 2.45) is 0 Å². The van der Waals surface area contributed by atoms with Gasteiger partial charge < -0.3 is 15.3 Å². The van der Waals surface area contributed by atoms with E-state index < -0.39 is 12.2 Å². The molecule has 0 bridgehead atoms. The molecule has 3 N–H and O–H groups in total. The van der Waals surface area contributed by atoms with Crippen molar-refractivity contribution in [1.29, 1.82) is 0 Å². The van der Waals surface area contributed by atoms with Gasteiger partial charge in [0, 0.05) is 12.8 Å². The van der Waals surface area contributed by atoms with E-state index in [0.717, 1.165) is 83.5 Å². The largest absolute Gasteiger partial charge is 0.389 e. The third-order valence-corrected chi connectivity index (χ3v) is 8.41. The van der Waals surface area contributed by atoms with Gasteiger partial charge >= 0.3 is 0 Å². The second-order valence-electron chi connectivity index (χ2n) is 13.1. The van der Waals surface area contributed by atoms with Crippen LogP contribution in [-0.2, 0) is 0 Å². The standard InChI is InChI=1S/C46H70O3/c1-3-5-6-7-8-9-10-11-12-13-14-15-16-17-18-19-20-21-22-26-30-35-40-45(48)42-37-32-28-33-38-43-46(49)41-36-31-27-24-23-25-29-34-39-44(47)4-2/h1-2,5-6,21-22,34,37,39,42,44-49H,7-20,23-33,35,40H2/b6-5-,22-21-,39-34+,42-37+/t44-,45?,46+/m0/s1. The molecule has 0 rings (SSSR count). The molecule has 3 nitrogen and oxygen atoms in total. The predicted molar refractivity (Wildman–Crippen MR) is 212 cm³/mol. The zero-order valence-electron chi connectivity index (χ0n) is 30.9. The molecule has 0 amide bonds. The lowest BCUT2D eigenvalue weighted by atomic mass is 10.0. The maximum atomic E-state index is 10.2. The van der Waals surface area contributed by atoms with Crippen LogP contribution in [-0.4, -0.2) is 33.6 Å². The quantitative estimate of drug-likeness (QED) is 0.0391. The molecule has 3 heteroatoms. The van der Waals surface area contributed by atoms with Crippen molar-refractivity contribution >= 4 is 0 Å². The highest BCUT2D eigenvalue weighted by molar-refractivity contribution is 5.19. The van der Waals surface area contributed by atoms with E-state index in [4.69, 9.17) is 12.8 Å². The fourth-order valence-electron chi connectivity index (χ4n) is 5.44. The third-order valence-electron chi connectivity index (χ3n) is 8.41. The molecule has 0 aromatic carbocycles. The first-order valence-electron chi connectivity index (χ1n) is 19.7. The number of hydrogen-bond donors (Lipinski definition) is 3. The predicted octanol–water partition coefficient (Wildman–Crippen LogP) is 11.1. The summed E-state index contributed by atoms with van der Waals surface area (Å²) in [7, 11) is 0. The van der Waals surface area contributed by atoms with Crippen LogP contribution in [0.5, 0.6) is 0 Å². The first kappa shape index (κ1) is 46.1. The van der Waals surface area contributed by atoms with E-state index in [1.54, 1.807) is 6.08 Å². The van der Waals surface area contributed by atoms with Gasteiger partial charge in [0.1, 0.15) is 6.10 Å². The van der Waals surface area contributed by atoms with Gasteiger partial charge in [-0.25, -0.2) is 0 Å². The molecule has 0 aromatic heterocycles. The molecule has 0 radical (unpaired) electrons. The summed E-state index contributed by atoms with van der Waals surface area (Å²) in [6.45, 7) is 0. The van der Waals surface area contributed by atoms with E-state index >= 15 is 0 Å². The summed E-state index contributed by atoms with van der Waals surface area (Å²) in [5.74, 6) is 16.5. The highest BCUT2D eigenvalue weighted by atomic mass is 16.3. The lowest BCUT2D eigenvalue weighted by molar-refractivity contribution is 0.208. The molecule has 0 aliphatic heterocycles. The average Bonchev–Trinajstić information content (AvgIpc) is 3.10. The molecule has 0 spiro atoms. The molecule has 3 atom stereocenters. The normalized spacial score (nSPS) is 13.2. The number of unbranched alkanes of at least 4 members (excludes halogenated alkanes) is 22. The Morgan fingerprint density at radius 2 is 0.878 bits per heavy atom. The summed E-state index contributed by atoms with van der Waals surface area (Å²) < 4.78 is 0. The van der Waals surface area contributed by atoms with E-state index in [0.29, 0.717) is 6.42 Å². The topological polar surface area (TPSA) is 60.7 Å². The van der Waals surface area contributed by atoms with Crippen LogP contribution in [0.1, 0.15) is 173 Å². The molecule has 0 fully saturated rings. The molecule has 0 aliphatic rings. The van der Waals surface area contributed by atoms with Gasteiger partial charge in [-0.15, -0.1) is 12.8 Å². The van der Waals surface area contributed by atoms with Crippen LogP contribution < -0.4 is 0 Å². The van der Waals surface area contributed by atoms with Gasteiger partial charge in [0.15, 0.2) is 6.10 Å². The number of aliphatic hydroxyl groups is 3. The maximum absolute atomic E-state index is 10.2. The summed E-state index contributed by atoms with van der Waals surface area (Å²) in [5, 5.41) is 29.3. The average molecular weight is 671 g/mol. The first-order chi connectivity index (χ1) is 24.1. The van der Waals surface area contributed by atoms with Crippen LogP contribution >= 0.6 is 0 Å². The van der Waals surface area contributed by atoms with Crippen molar-refractivity contribution in [3.05, 3.63) is 48.6 Å². The van der Waals surface area contributed by atoms with E-state index in [1.165, 1.54) is 83.5 Å². The van der Waals surface area contributed by atoms with Crippen molar-refractivity contribution in [2.45, 2.75) is 192 Å². The summed E-state index contributed by atoms with van der Waals surface area (Å²) in [6, 6.07) is 0. The Hall–Kier alpha value is -2.92. The number of terminal acetylenes is 2. The van der Waals surface area contributed by atoms with Crippen molar-refractivity contribution in [3.8, 4) is 48.4 Å². The van der Waals surface area contributed by atoms with E-state index in [2.05, 4.69) is 53.8 Å². The molecule has 0 saturated heterocycles. The molecular weight excluding hydrogens is 601 g/mol. The fraction of sp³-hybridized carbons (Fsp3) is 0.652. The number of allylic oxidation sites excluding steroid dienone is 6. The highest BCUT2D eigenvalue weighted by Crippen LogP contribution is 2.14. The highest BCUT2D eigenvalue weighted by Gasteiger charge is 1.98. The number of rotatable bonds is 31. The van der Waals surface area contributed by atoms with Gasteiger partial charge in [0.25, 0.3) is 0 Å². The molecule has 0 saturated carbocycles. The smallest absolute Gasteiger partial charge is 0.176 e. The fourth-order valence-corrected chi connectivity index (χ4v) is 5.44. The SMILES string of the molecule is C#C/C=C\CCCCCCCCCCCCCC/C=C\CCCCC(O)/C=C/CCCC#C[C@H](O)C#CCCCCCC/C=C/[C@@H](O)C#C. The monoisotopic (exact) mass is 671 g/mol. The third kappa shape index (κ3) is 39.4. The zero-order chi connectivity index (χ0) is 35.7. The molecule has 0 aromatic rings. The second-order valence-corrected chi connectivity index (χ2v) is 13.1. The lowest BCUT2D eigenvalue weighted by Crippen LogP contribution is -2.01. The van der Waals surface area contributed by atoms with Crippen LogP contribution in [0.3, 0.4) is 0 Å². The summed E-state index contributed by atoms with van der Waals surface area (Å²) >= 11 is 0. The van der Waals surface area contributed by atoms with E-state index in [-0.39, 0.29) is 6.10 Å². The molecular formula is C46H70O3. The van der Waals surface area contributed by atoms with Crippen LogP contribution in [0.15, 0.2) is 48.6 Å². The van der Waals surface area contributed by atoms with Crippen molar-refractivity contribution < 1.29 is 15.3 Å². The van der Waals surface area contributed by atoms with Gasteiger partial charge in [0.05, 0.1) is 6.10 Å². The Labute approximate surface area is 303 Å². The molecule has 49 heavy (non-hydrogen) atoms. The molecule has 1 unspecified atom stereocenters. The Morgan fingerprint density at radius 3 is 1.43 bits per heavy atom. The molecule has 272 valence electrons. The van der Waals surface area contributed by atoms with Gasteiger partial charge in [-0.1, -0.05) is 155 Å². The Balaban J connectivity index is 3.52. The van der Waals surface area contributed by atoms with Crippen LogP contribution in [0.2, 0.25) is 0 Å². The Kier molecular flexibility index (Phi) is 37.2. The van der Waals surface area contributed by atoms with Crippen molar-refractivity contribution in [2.75, 3.05) is 0 Å². The van der Waals surface area contributed by atoms with Crippen LogP contribution in [0.4, 0.5) is 0 Å². The maximum Gasteiger partial charge on any atom is 0.176 e. The van der Waals surface area contributed by atoms with Crippen molar-refractivity contribution in [1.82, 2.24) is 0 Å². The summed E-state index contributed by atoms with van der Waals surface area (Å²) in [4.78, 5) is 0. The van der Waals surface area contributed by atoms with Gasteiger partial charge in [-0.3, -0.25) is 0 Å². The number of aliphatic hydroxyl groups excluding tert-OH is 3. The Morgan fingerprint density at radius 1 is 0.449 bits per heavy atom. The number of hydrogen-bond acceptors (Lipinski definition) is 3. The zero-order valence-corrected chi connectivity index (χ0v) is 30.9. The van der Waals surface area contributed by atoms with Crippen LogP contribution in [0, 0.1) is 48.4 Å². The van der Waals surface area contributed by atoms with Gasteiger partial charge in [0.2, 0.25) is 0 Å². The van der Waals surface area contributed by atoms with Crippen molar-refractivity contribution in [3.63, 3.8) is 0 Å². The van der Waals surface area contributed by atoms with Gasteiger partial charge in [-0.2, -0.15) is 0 Å². The lowest BCUT2D eigenvalue weighted by Gasteiger charge is -2.04. The second kappa shape index (κ2) is 39.5. The summed E-state index contributed by atoms with van der Waals surface area (Å²) in [6.07, 6.45) is 55.7. The van der Waals surface area contributed by atoms with Gasteiger partial charge in [-0.05, 0) is 89.2 Å².